The molecule has 1 aromatic heterocycles. The summed E-state index contributed by atoms with van der Waals surface area (Å²) in [6, 6.07) is 4.98. The first-order chi connectivity index (χ1) is 10.1. The van der Waals surface area contributed by atoms with Crippen LogP contribution in [0.1, 0.15) is 24.1 Å². The Morgan fingerprint density at radius 2 is 2.29 bits per heavy atom. The van der Waals surface area contributed by atoms with E-state index in [2.05, 4.69) is 15.6 Å². The molecule has 21 heavy (non-hydrogen) atoms. The Hall–Kier alpha value is -2.28. The molecule has 1 fully saturated rings. The van der Waals surface area contributed by atoms with E-state index < -0.39 is 4.92 Å². The van der Waals surface area contributed by atoms with Crippen molar-refractivity contribution in [3.8, 4) is 5.69 Å². The molecule has 7 nitrogen and oxygen atoms in total. The monoisotopic (exact) mass is 287 g/mol. The van der Waals surface area contributed by atoms with Crippen molar-refractivity contribution >= 4 is 5.69 Å². The van der Waals surface area contributed by atoms with Gasteiger partial charge in [0, 0.05) is 12.6 Å². The molecule has 0 amide bonds. The number of aromatic nitrogens is 3. The van der Waals surface area contributed by atoms with E-state index in [1.54, 1.807) is 12.3 Å². The van der Waals surface area contributed by atoms with Crippen LogP contribution in [0.25, 0.3) is 5.69 Å². The molecule has 110 valence electrons. The third-order valence-corrected chi connectivity index (χ3v) is 3.62. The number of nitrogens with zero attached hydrogens (tertiary/aromatic N) is 4. The number of hydrogen-bond donors (Lipinski definition) is 1. The Kier molecular flexibility index (Phi) is 3.66. The topological polar surface area (TPSA) is 85.9 Å². The summed E-state index contributed by atoms with van der Waals surface area (Å²) < 4.78 is 1.49. The highest BCUT2D eigenvalue weighted by Crippen LogP contribution is 2.28. The average molecular weight is 287 g/mol. The molecule has 0 spiro atoms. The molecule has 1 aromatic carbocycles. The molecule has 1 aliphatic carbocycles. The molecule has 1 aliphatic rings. The first kappa shape index (κ1) is 13.7. The van der Waals surface area contributed by atoms with Gasteiger partial charge in [-0.2, -0.15) is 0 Å². The summed E-state index contributed by atoms with van der Waals surface area (Å²) in [5.41, 5.74) is 2.10. The molecule has 0 radical (unpaired) electrons. The van der Waals surface area contributed by atoms with Gasteiger partial charge in [0.25, 0.3) is 5.69 Å². The van der Waals surface area contributed by atoms with E-state index in [9.17, 15) is 10.1 Å². The summed E-state index contributed by atoms with van der Waals surface area (Å²) in [6.07, 6.45) is 4.35. The molecule has 0 atom stereocenters. The Balaban J connectivity index is 1.80. The quantitative estimate of drug-likeness (QED) is 0.648. The summed E-state index contributed by atoms with van der Waals surface area (Å²) >= 11 is 0. The molecular weight excluding hydrogens is 270 g/mol. The summed E-state index contributed by atoms with van der Waals surface area (Å²) in [7, 11) is 0. The van der Waals surface area contributed by atoms with Gasteiger partial charge in [0.1, 0.15) is 5.69 Å². The lowest BCUT2D eigenvalue weighted by Gasteiger charge is -2.05. The Labute approximate surface area is 122 Å². The van der Waals surface area contributed by atoms with Crippen molar-refractivity contribution in [1.82, 2.24) is 20.3 Å². The van der Waals surface area contributed by atoms with Crippen molar-refractivity contribution in [2.24, 2.45) is 5.92 Å². The summed E-state index contributed by atoms with van der Waals surface area (Å²) in [4.78, 5) is 10.7. The van der Waals surface area contributed by atoms with E-state index in [0.29, 0.717) is 12.2 Å². The molecule has 3 rings (SSSR count). The molecule has 1 N–H and O–H groups in total. The van der Waals surface area contributed by atoms with Crippen LogP contribution in [0.5, 0.6) is 0 Å². The van der Waals surface area contributed by atoms with Crippen molar-refractivity contribution in [3.05, 3.63) is 45.8 Å². The van der Waals surface area contributed by atoms with Crippen LogP contribution in [0.15, 0.2) is 24.4 Å². The van der Waals surface area contributed by atoms with Crippen LogP contribution in [-0.2, 0) is 6.54 Å². The van der Waals surface area contributed by atoms with E-state index in [4.69, 9.17) is 0 Å². The van der Waals surface area contributed by atoms with E-state index in [-0.39, 0.29) is 5.69 Å². The standard InChI is InChI=1S/C14H17N5O2/c1-10-3-2-4-13(19(20)21)14(10)18-9-12(16-17-18)8-15-7-11-5-6-11/h2-4,9,11,15H,5-8H2,1H3. The van der Waals surface area contributed by atoms with Crippen LogP contribution in [-0.4, -0.2) is 26.5 Å². The molecule has 1 saturated carbocycles. The maximum atomic E-state index is 11.1. The van der Waals surface area contributed by atoms with Gasteiger partial charge in [0.05, 0.1) is 16.8 Å². The lowest BCUT2D eigenvalue weighted by molar-refractivity contribution is -0.384. The smallest absolute Gasteiger partial charge is 0.295 e. The van der Waals surface area contributed by atoms with Crippen LogP contribution in [0.4, 0.5) is 5.69 Å². The van der Waals surface area contributed by atoms with E-state index in [0.717, 1.165) is 23.7 Å². The fourth-order valence-corrected chi connectivity index (χ4v) is 2.30. The number of rotatable bonds is 6. The van der Waals surface area contributed by atoms with Gasteiger partial charge in [-0.15, -0.1) is 5.10 Å². The first-order valence-electron chi connectivity index (χ1n) is 7.01. The van der Waals surface area contributed by atoms with Crippen LogP contribution < -0.4 is 5.32 Å². The minimum atomic E-state index is -0.394. The van der Waals surface area contributed by atoms with Gasteiger partial charge in [-0.1, -0.05) is 17.3 Å². The van der Waals surface area contributed by atoms with E-state index >= 15 is 0 Å². The Morgan fingerprint density at radius 1 is 1.48 bits per heavy atom. The lowest BCUT2D eigenvalue weighted by atomic mass is 10.1. The zero-order chi connectivity index (χ0) is 14.8. The highest BCUT2D eigenvalue weighted by molar-refractivity contribution is 5.56. The molecular formula is C14H17N5O2. The zero-order valence-electron chi connectivity index (χ0n) is 11.8. The predicted octanol–water partition coefficient (Wildman–Crippen LogP) is 1.98. The van der Waals surface area contributed by atoms with Crippen molar-refractivity contribution in [2.75, 3.05) is 6.54 Å². The number of para-hydroxylation sites is 1. The van der Waals surface area contributed by atoms with Crippen LogP contribution >= 0.6 is 0 Å². The third-order valence-electron chi connectivity index (χ3n) is 3.62. The predicted molar refractivity (Wildman–Crippen MR) is 77.2 cm³/mol. The third kappa shape index (κ3) is 3.08. The van der Waals surface area contributed by atoms with E-state index in [1.807, 2.05) is 13.0 Å². The number of nitrogens with one attached hydrogen (secondary N) is 1. The fraction of sp³-hybridized carbons (Fsp3) is 0.429. The number of nitro groups is 1. The second kappa shape index (κ2) is 5.61. The fourth-order valence-electron chi connectivity index (χ4n) is 2.30. The van der Waals surface area contributed by atoms with Crippen molar-refractivity contribution in [1.29, 1.82) is 0 Å². The van der Waals surface area contributed by atoms with Gasteiger partial charge in [0.15, 0.2) is 0 Å². The van der Waals surface area contributed by atoms with Gasteiger partial charge in [-0.3, -0.25) is 10.1 Å². The molecule has 1 heterocycles. The second-order valence-electron chi connectivity index (χ2n) is 5.43. The number of hydrogen-bond acceptors (Lipinski definition) is 5. The molecule has 0 bridgehead atoms. The van der Waals surface area contributed by atoms with Gasteiger partial charge < -0.3 is 5.32 Å². The lowest BCUT2D eigenvalue weighted by Crippen LogP contribution is -2.16. The van der Waals surface area contributed by atoms with E-state index in [1.165, 1.54) is 23.6 Å². The Morgan fingerprint density at radius 3 is 3.00 bits per heavy atom. The van der Waals surface area contributed by atoms with Gasteiger partial charge >= 0.3 is 0 Å². The largest absolute Gasteiger partial charge is 0.311 e. The molecule has 0 unspecified atom stereocenters. The van der Waals surface area contributed by atoms with Gasteiger partial charge in [-0.25, -0.2) is 4.68 Å². The van der Waals surface area contributed by atoms with Crippen LogP contribution in [0.3, 0.4) is 0 Å². The summed E-state index contributed by atoms with van der Waals surface area (Å²) in [6.45, 7) is 3.46. The second-order valence-corrected chi connectivity index (χ2v) is 5.43. The normalized spacial score (nSPS) is 14.3. The van der Waals surface area contributed by atoms with Crippen molar-refractivity contribution in [3.63, 3.8) is 0 Å². The molecule has 0 saturated heterocycles. The highest BCUT2D eigenvalue weighted by Gasteiger charge is 2.21. The minimum absolute atomic E-state index is 0.0392. The van der Waals surface area contributed by atoms with Crippen LogP contribution in [0.2, 0.25) is 0 Å². The zero-order valence-corrected chi connectivity index (χ0v) is 11.8. The minimum Gasteiger partial charge on any atom is -0.311 e. The van der Waals surface area contributed by atoms with Crippen molar-refractivity contribution < 1.29 is 4.92 Å². The molecule has 0 aliphatic heterocycles. The number of benzene rings is 1. The number of nitro benzene ring substituents is 1. The maximum Gasteiger partial charge on any atom is 0.295 e. The average Bonchev–Trinajstić information content (AvgIpc) is 3.16. The first-order valence-corrected chi connectivity index (χ1v) is 7.01. The van der Waals surface area contributed by atoms with Gasteiger partial charge in [-0.05, 0) is 37.8 Å². The van der Waals surface area contributed by atoms with Gasteiger partial charge in [0.2, 0.25) is 0 Å². The highest BCUT2D eigenvalue weighted by atomic mass is 16.6. The number of aryl methyl sites for hydroxylation is 1. The summed E-state index contributed by atoms with van der Waals surface area (Å²) in [5, 5.41) is 22.6. The maximum absolute atomic E-state index is 11.1. The molecule has 2 aromatic rings. The van der Waals surface area contributed by atoms with Crippen molar-refractivity contribution in [2.45, 2.75) is 26.3 Å². The summed E-state index contributed by atoms with van der Waals surface area (Å²) in [5.74, 6) is 0.803. The SMILES string of the molecule is Cc1cccc([N+](=O)[O-])c1-n1cc(CNCC2CC2)nn1. The molecule has 7 heteroatoms. The van der Waals surface area contributed by atoms with Crippen LogP contribution in [0, 0.1) is 23.0 Å². The Bertz CT molecular complexity index is 663.